The van der Waals surface area contributed by atoms with Gasteiger partial charge in [-0.2, -0.15) is 0 Å². The number of nitrogens with zero attached hydrogens (tertiary/aromatic N) is 1. The standard InChI is InChI=1S/C12H17N3O4S/c13-20(18,19)11-3-1-9(2-4-11)14-12(17)15-7-5-10(16)6-8-15/h1-4,10,16H,5-8H2,(H,14,17)(H2,13,18,19). The average molecular weight is 299 g/mol. The van der Waals surface area contributed by atoms with E-state index < -0.39 is 10.0 Å². The summed E-state index contributed by atoms with van der Waals surface area (Å²) in [4.78, 5) is 13.6. The summed E-state index contributed by atoms with van der Waals surface area (Å²) in [6, 6.07) is 5.38. The number of piperidine rings is 1. The van der Waals surface area contributed by atoms with E-state index in [1.54, 1.807) is 4.90 Å². The van der Waals surface area contributed by atoms with E-state index in [0.717, 1.165) is 0 Å². The second-order valence-electron chi connectivity index (χ2n) is 4.72. The summed E-state index contributed by atoms with van der Waals surface area (Å²) in [5.41, 5.74) is 0.494. The molecule has 0 saturated carbocycles. The molecule has 8 heteroatoms. The van der Waals surface area contributed by atoms with Crippen LogP contribution in [-0.2, 0) is 10.0 Å². The van der Waals surface area contributed by atoms with Gasteiger partial charge in [-0.1, -0.05) is 0 Å². The van der Waals surface area contributed by atoms with E-state index in [9.17, 15) is 18.3 Å². The van der Waals surface area contributed by atoms with Crippen LogP contribution in [0.15, 0.2) is 29.2 Å². The molecule has 110 valence electrons. The molecule has 0 atom stereocenters. The number of carbonyl (C=O) groups is 1. The number of sulfonamides is 1. The molecule has 0 unspecified atom stereocenters. The van der Waals surface area contributed by atoms with Gasteiger partial charge >= 0.3 is 6.03 Å². The lowest BCUT2D eigenvalue weighted by atomic mass is 10.1. The number of benzene rings is 1. The lowest BCUT2D eigenvalue weighted by Gasteiger charge is -2.29. The molecule has 0 bridgehead atoms. The van der Waals surface area contributed by atoms with Crippen molar-refractivity contribution < 1.29 is 18.3 Å². The molecule has 20 heavy (non-hydrogen) atoms. The summed E-state index contributed by atoms with van der Waals surface area (Å²) in [6.45, 7) is 1.00. The Morgan fingerprint density at radius 3 is 2.30 bits per heavy atom. The minimum Gasteiger partial charge on any atom is -0.393 e. The van der Waals surface area contributed by atoms with Gasteiger partial charge in [0.1, 0.15) is 0 Å². The number of amides is 2. The SMILES string of the molecule is NS(=O)(=O)c1ccc(NC(=O)N2CCC(O)CC2)cc1. The first-order chi connectivity index (χ1) is 9.36. The van der Waals surface area contributed by atoms with Gasteiger partial charge in [-0.15, -0.1) is 0 Å². The van der Waals surface area contributed by atoms with Gasteiger partial charge in [-0.05, 0) is 37.1 Å². The Kier molecular flexibility index (Phi) is 4.26. The van der Waals surface area contributed by atoms with Crippen LogP contribution in [0.25, 0.3) is 0 Å². The summed E-state index contributed by atoms with van der Waals surface area (Å²) < 4.78 is 22.2. The number of nitrogens with two attached hydrogens (primary N) is 1. The quantitative estimate of drug-likeness (QED) is 0.730. The van der Waals surface area contributed by atoms with Crippen LogP contribution in [0.3, 0.4) is 0 Å². The molecule has 1 heterocycles. The largest absolute Gasteiger partial charge is 0.393 e. The van der Waals surface area contributed by atoms with Gasteiger partial charge in [0.2, 0.25) is 10.0 Å². The van der Waals surface area contributed by atoms with Gasteiger partial charge < -0.3 is 15.3 Å². The molecule has 1 aromatic rings. The van der Waals surface area contributed by atoms with Crippen molar-refractivity contribution in [2.45, 2.75) is 23.8 Å². The van der Waals surface area contributed by atoms with Gasteiger partial charge in [0.15, 0.2) is 0 Å². The van der Waals surface area contributed by atoms with Crippen molar-refractivity contribution in [1.29, 1.82) is 0 Å². The van der Waals surface area contributed by atoms with E-state index in [1.807, 2.05) is 0 Å². The van der Waals surface area contributed by atoms with Crippen LogP contribution in [0.4, 0.5) is 10.5 Å². The second-order valence-corrected chi connectivity index (χ2v) is 6.28. The lowest BCUT2D eigenvalue weighted by molar-refractivity contribution is 0.0972. The Morgan fingerprint density at radius 1 is 1.25 bits per heavy atom. The maximum absolute atomic E-state index is 11.9. The minimum atomic E-state index is -3.73. The second kappa shape index (κ2) is 5.78. The molecule has 2 amide bonds. The summed E-state index contributed by atoms with van der Waals surface area (Å²) in [5.74, 6) is 0. The van der Waals surface area contributed by atoms with E-state index in [1.165, 1.54) is 24.3 Å². The van der Waals surface area contributed by atoms with Crippen molar-refractivity contribution in [3.63, 3.8) is 0 Å². The first-order valence-electron chi connectivity index (χ1n) is 6.23. The summed E-state index contributed by atoms with van der Waals surface area (Å²) >= 11 is 0. The molecular formula is C12H17N3O4S. The zero-order valence-corrected chi connectivity index (χ0v) is 11.6. The predicted molar refractivity (Wildman–Crippen MR) is 73.6 cm³/mol. The Hall–Kier alpha value is -1.64. The first kappa shape index (κ1) is 14.8. The highest BCUT2D eigenvalue weighted by Crippen LogP contribution is 2.15. The fourth-order valence-electron chi connectivity index (χ4n) is 2.00. The van der Waals surface area contributed by atoms with Crippen LogP contribution in [0, 0.1) is 0 Å². The van der Waals surface area contributed by atoms with Crippen molar-refractivity contribution in [3.8, 4) is 0 Å². The topological polar surface area (TPSA) is 113 Å². The molecule has 1 aromatic carbocycles. The fourth-order valence-corrected chi connectivity index (χ4v) is 2.51. The number of aliphatic hydroxyl groups excluding tert-OH is 1. The summed E-state index contributed by atoms with van der Waals surface area (Å²) in [5, 5.41) is 17.0. The summed E-state index contributed by atoms with van der Waals surface area (Å²) in [6.07, 6.45) is 0.795. The molecule has 0 aliphatic carbocycles. The van der Waals surface area contributed by atoms with Crippen LogP contribution in [0.2, 0.25) is 0 Å². The van der Waals surface area contributed by atoms with Gasteiger partial charge in [0.25, 0.3) is 0 Å². The van der Waals surface area contributed by atoms with E-state index in [0.29, 0.717) is 31.6 Å². The monoisotopic (exact) mass is 299 g/mol. The highest BCUT2D eigenvalue weighted by Gasteiger charge is 2.21. The first-order valence-corrected chi connectivity index (χ1v) is 7.78. The predicted octanol–water partition coefficient (Wildman–Crippen LogP) is 0.323. The molecule has 0 spiro atoms. The lowest BCUT2D eigenvalue weighted by Crippen LogP contribution is -2.42. The Bertz CT molecular complexity index is 577. The highest BCUT2D eigenvalue weighted by molar-refractivity contribution is 7.89. The third-order valence-electron chi connectivity index (χ3n) is 3.19. The van der Waals surface area contributed by atoms with Crippen molar-refractivity contribution in [2.75, 3.05) is 18.4 Å². The maximum atomic E-state index is 11.9. The zero-order valence-electron chi connectivity index (χ0n) is 10.8. The number of hydrogen-bond donors (Lipinski definition) is 3. The minimum absolute atomic E-state index is 0.00315. The molecule has 2 rings (SSSR count). The van der Waals surface area contributed by atoms with Crippen molar-refractivity contribution in [1.82, 2.24) is 4.90 Å². The number of carbonyl (C=O) groups excluding carboxylic acids is 1. The molecular weight excluding hydrogens is 282 g/mol. The number of urea groups is 1. The molecule has 0 radical (unpaired) electrons. The highest BCUT2D eigenvalue weighted by atomic mass is 32.2. The van der Waals surface area contributed by atoms with E-state index >= 15 is 0 Å². The smallest absolute Gasteiger partial charge is 0.321 e. The maximum Gasteiger partial charge on any atom is 0.321 e. The molecule has 1 aliphatic rings. The third kappa shape index (κ3) is 3.69. The van der Waals surface area contributed by atoms with Crippen molar-refractivity contribution in [3.05, 3.63) is 24.3 Å². The van der Waals surface area contributed by atoms with Crippen molar-refractivity contribution in [2.24, 2.45) is 5.14 Å². The van der Waals surface area contributed by atoms with Gasteiger partial charge in [0.05, 0.1) is 11.0 Å². The van der Waals surface area contributed by atoms with Gasteiger partial charge in [-0.25, -0.2) is 18.4 Å². The number of nitrogens with one attached hydrogen (secondary N) is 1. The van der Waals surface area contributed by atoms with E-state index in [4.69, 9.17) is 5.14 Å². The molecule has 4 N–H and O–H groups in total. The van der Waals surface area contributed by atoms with Crippen LogP contribution in [0.1, 0.15) is 12.8 Å². The molecule has 1 saturated heterocycles. The number of likely N-dealkylation sites (tertiary alicyclic amines) is 1. The number of hydrogen-bond acceptors (Lipinski definition) is 4. The van der Waals surface area contributed by atoms with Crippen molar-refractivity contribution >= 4 is 21.7 Å². The number of primary sulfonamides is 1. The number of anilines is 1. The molecule has 1 aliphatic heterocycles. The molecule has 0 aromatic heterocycles. The Labute approximate surface area is 117 Å². The third-order valence-corrected chi connectivity index (χ3v) is 4.12. The number of aliphatic hydroxyl groups is 1. The van der Waals surface area contributed by atoms with Gasteiger partial charge in [0, 0.05) is 18.8 Å². The van der Waals surface area contributed by atoms with E-state index in [2.05, 4.69) is 5.32 Å². The molecule has 1 fully saturated rings. The van der Waals surface area contributed by atoms with Crippen LogP contribution < -0.4 is 10.5 Å². The van der Waals surface area contributed by atoms with Crippen LogP contribution >= 0.6 is 0 Å². The van der Waals surface area contributed by atoms with E-state index in [-0.39, 0.29) is 17.0 Å². The summed E-state index contributed by atoms with van der Waals surface area (Å²) in [7, 11) is -3.73. The zero-order chi connectivity index (χ0) is 14.8. The normalized spacial score (nSPS) is 17.0. The Morgan fingerprint density at radius 2 is 1.80 bits per heavy atom. The number of rotatable bonds is 2. The Balaban J connectivity index is 1.98. The molecule has 7 nitrogen and oxygen atoms in total. The van der Waals surface area contributed by atoms with Crippen LogP contribution in [0.5, 0.6) is 0 Å². The fraction of sp³-hybridized carbons (Fsp3) is 0.417. The van der Waals surface area contributed by atoms with Crippen LogP contribution in [-0.4, -0.2) is 43.6 Å². The average Bonchev–Trinajstić information content (AvgIpc) is 2.39. The van der Waals surface area contributed by atoms with Gasteiger partial charge in [-0.3, -0.25) is 0 Å².